The lowest BCUT2D eigenvalue weighted by Crippen LogP contribution is -2.39. The number of carbonyl (C=O) groups excluding carboxylic acids is 1. The number of nitrogens with one attached hydrogen (secondary N) is 1. The minimum atomic E-state index is -3.58. The van der Waals surface area contributed by atoms with Crippen LogP contribution in [0.4, 0.5) is 5.13 Å². The largest absolute Gasteiger partial charge is 0.353 e. The monoisotopic (exact) mass is 426 g/mol. The molecule has 27 heavy (non-hydrogen) atoms. The molecule has 1 aliphatic heterocycles. The summed E-state index contributed by atoms with van der Waals surface area (Å²) < 4.78 is 31.5. The van der Waals surface area contributed by atoms with E-state index in [-0.39, 0.29) is 17.2 Å². The second-order valence-electron chi connectivity index (χ2n) is 6.50. The van der Waals surface area contributed by atoms with Crippen molar-refractivity contribution >= 4 is 44.2 Å². The predicted octanol–water partition coefficient (Wildman–Crippen LogP) is 2.98. The lowest BCUT2D eigenvalue weighted by Gasteiger charge is -2.30. The Morgan fingerprint density at radius 2 is 2.26 bits per heavy atom. The molecular formula is C17H22N4O3S3. The van der Waals surface area contributed by atoms with Gasteiger partial charge in [-0.3, -0.25) is 4.79 Å². The Bertz CT molecular complexity index is 914. The highest BCUT2D eigenvalue weighted by atomic mass is 32.2. The minimum Gasteiger partial charge on any atom is -0.353 e. The quantitative estimate of drug-likeness (QED) is 0.537. The highest BCUT2D eigenvalue weighted by Gasteiger charge is 2.29. The Hall–Kier alpha value is -1.49. The Morgan fingerprint density at radius 1 is 1.44 bits per heavy atom. The number of thioether (sulfide) groups is 1. The molecule has 1 N–H and O–H groups in total. The molecule has 1 saturated heterocycles. The first-order valence-electron chi connectivity index (χ1n) is 8.65. The van der Waals surface area contributed by atoms with Crippen molar-refractivity contribution in [2.24, 2.45) is 5.92 Å². The van der Waals surface area contributed by atoms with Crippen molar-refractivity contribution in [2.75, 3.05) is 31.2 Å². The minimum absolute atomic E-state index is 0.0350. The Labute approximate surface area is 167 Å². The fraction of sp³-hybridized carbons (Fsp3) is 0.471. The first kappa shape index (κ1) is 20.2. The van der Waals surface area contributed by atoms with Crippen molar-refractivity contribution in [1.82, 2.24) is 13.7 Å². The summed E-state index contributed by atoms with van der Waals surface area (Å²) in [5.74, 6) is 0.153. The topological polar surface area (TPSA) is 92.3 Å². The van der Waals surface area contributed by atoms with Gasteiger partial charge in [-0.05, 0) is 37.1 Å². The molecule has 1 unspecified atom stereocenters. The lowest BCUT2D eigenvalue weighted by atomic mass is 10.0. The van der Waals surface area contributed by atoms with Crippen LogP contribution in [0.3, 0.4) is 0 Å². The first-order chi connectivity index (χ1) is 12.9. The van der Waals surface area contributed by atoms with Crippen LogP contribution in [0.5, 0.6) is 0 Å². The van der Waals surface area contributed by atoms with Gasteiger partial charge in [-0.25, -0.2) is 8.42 Å². The second kappa shape index (κ2) is 8.68. The number of aromatic nitrogens is 2. The molecule has 1 atom stereocenters. The molecular weight excluding hydrogens is 404 g/mol. The molecule has 1 fully saturated rings. The van der Waals surface area contributed by atoms with Crippen molar-refractivity contribution in [1.29, 1.82) is 0 Å². The Kier molecular flexibility index (Phi) is 6.51. The van der Waals surface area contributed by atoms with Crippen molar-refractivity contribution in [3.63, 3.8) is 0 Å². The van der Waals surface area contributed by atoms with Gasteiger partial charge >= 0.3 is 0 Å². The van der Waals surface area contributed by atoms with E-state index in [9.17, 15) is 13.2 Å². The molecule has 1 aromatic carbocycles. The molecule has 2 heterocycles. The summed E-state index contributed by atoms with van der Waals surface area (Å²) >= 11 is 2.62. The molecule has 0 bridgehead atoms. The Morgan fingerprint density at radius 3 is 2.96 bits per heavy atom. The molecule has 0 saturated carbocycles. The summed E-state index contributed by atoms with van der Waals surface area (Å²) in [5.41, 5.74) is 0.364. The maximum atomic E-state index is 12.9. The van der Waals surface area contributed by atoms with Crippen LogP contribution >= 0.6 is 23.3 Å². The number of anilines is 1. The molecule has 0 amide bonds. The first-order valence-corrected chi connectivity index (χ1v) is 12.1. The van der Waals surface area contributed by atoms with Crippen LogP contribution in [0.2, 0.25) is 0 Å². The third-order valence-corrected chi connectivity index (χ3v) is 7.60. The number of sulfonamides is 1. The summed E-state index contributed by atoms with van der Waals surface area (Å²) in [6.45, 7) is 3.15. The van der Waals surface area contributed by atoms with Gasteiger partial charge in [0.05, 0.1) is 11.4 Å². The summed E-state index contributed by atoms with van der Waals surface area (Å²) in [6.07, 6.45) is 3.79. The Balaban J connectivity index is 1.71. The van der Waals surface area contributed by atoms with Crippen LogP contribution in [0.15, 0.2) is 34.3 Å². The fourth-order valence-electron chi connectivity index (χ4n) is 2.97. The molecule has 2 aromatic rings. The summed E-state index contributed by atoms with van der Waals surface area (Å²) in [7, 11) is -3.58. The number of carbonyl (C=O) groups is 1. The van der Waals surface area contributed by atoms with Gasteiger partial charge in [0.15, 0.2) is 5.78 Å². The number of ketones is 1. The van der Waals surface area contributed by atoms with Crippen LogP contribution in [0.25, 0.3) is 0 Å². The average Bonchev–Trinajstić information content (AvgIpc) is 3.14. The van der Waals surface area contributed by atoms with E-state index in [2.05, 4.69) is 21.6 Å². The zero-order valence-corrected chi connectivity index (χ0v) is 17.7. The van der Waals surface area contributed by atoms with Gasteiger partial charge in [0.2, 0.25) is 20.3 Å². The number of piperidine rings is 1. The third-order valence-electron chi connectivity index (χ3n) is 4.40. The molecule has 3 rings (SSSR count). The second-order valence-corrected chi connectivity index (χ2v) is 9.96. The van der Waals surface area contributed by atoms with Gasteiger partial charge in [-0.2, -0.15) is 13.7 Å². The highest BCUT2D eigenvalue weighted by Crippen LogP contribution is 2.24. The lowest BCUT2D eigenvalue weighted by molar-refractivity contribution is 0.101. The number of rotatable bonds is 7. The third kappa shape index (κ3) is 4.87. The zero-order chi connectivity index (χ0) is 19.4. The van der Waals surface area contributed by atoms with Crippen LogP contribution in [-0.4, -0.2) is 53.8 Å². The maximum absolute atomic E-state index is 12.9. The van der Waals surface area contributed by atoms with Gasteiger partial charge in [0, 0.05) is 30.2 Å². The summed E-state index contributed by atoms with van der Waals surface area (Å²) in [4.78, 5) is 16.9. The van der Waals surface area contributed by atoms with E-state index in [0.717, 1.165) is 12.8 Å². The fourth-order valence-corrected chi connectivity index (χ4v) is 5.73. The summed E-state index contributed by atoms with van der Waals surface area (Å²) in [5, 5.41) is 4.17. The van der Waals surface area contributed by atoms with E-state index >= 15 is 0 Å². The van der Waals surface area contributed by atoms with E-state index in [1.54, 1.807) is 18.2 Å². The number of hydrogen-bond donors (Lipinski definition) is 1. The molecule has 146 valence electrons. The SMILES string of the molecule is CSc1nsc(NCC(=O)c2cccc(S(=O)(=O)N3CCCC(C)C3)c2)n1. The highest BCUT2D eigenvalue weighted by molar-refractivity contribution is 7.98. The van der Waals surface area contributed by atoms with Gasteiger partial charge in [-0.1, -0.05) is 30.8 Å². The van der Waals surface area contributed by atoms with E-state index < -0.39 is 10.0 Å². The van der Waals surface area contributed by atoms with E-state index in [4.69, 9.17) is 0 Å². The molecule has 1 aliphatic rings. The normalized spacial score (nSPS) is 18.4. The number of Topliss-reactive ketones (excluding diaryl/α,β-unsaturated/α-hetero) is 1. The molecule has 0 aliphatic carbocycles. The van der Waals surface area contributed by atoms with Crippen molar-refractivity contribution in [3.8, 4) is 0 Å². The molecule has 7 nitrogen and oxygen atoms in total. The van der Waals surface area contributed by atoms with Gasteiger partial charge in [0.1, 0.15) is 0 Å². The van der Waals surface area contributed by atoms with Crippen molar-refractivity contribution in [3.05, 3.63) is 29.8 Å². The summed E-state index contributed by atoms with van der Waals surface area (Å²) in [6, 6.07) is 6.26. The number of hydrogen-bond acceptors (Lipinski definition) is 8. The van der Waals surface area contributed by atoms with Crippen LogP contribution in [0.1, 0.15) is 30.1 Å². The van der Waals surface area contributed by atoms with Crippen molar-refractivity contribution in [2.45, 2.75) is 29.8 Å². The molecule has 10 heteroatoms. The number of benzene rings is 1. The van der Waals surface area contributed by atoms with E-state index in [1.165, 1.54) is 33.7 Å². The van der Waals surface area contributed by atoms with Gasteiger partial charge in [-0.15, -0.1) is 0 Å². The molecule has 0 spiro atoms. The predicted molar refractivity (Wildman–Crippen MR) is 108 cm³/mol. The van der Waals surface area contributed by atoms with Gasteiger partial charge in [0.25, 0.3) is 0 Å². The van der Waals surface area contributed by atoms with Crippen molar-refractivity contribution < 1.29 is 13.2 Å². The zero-order valence-electron chi connectivity index (χ0n) is 15.2. The average molecular weight is 427 g/mol. The van der Waals surface area contributed by atoms with Crippen LogP contribution in [0, 0.1) is 5.92 Å². The van der Waals surface area contributed by atoms with E-state index in [1.807, 2.05) is 6.26 Å². The van der Waals surface area contributed by atoms with Crippen LogP contribution in [-0.2, 0) is 10.0 Å². The smallest absolute Gasteiger partial charge is 0.243 e. The standard InChI is InChI=1S/C17H22N4O3S3/c1-12-5-4-8-21(11-12)27(23,24)14-7-3-6-13(9-14)15(22)10-18-16-19-17(25-2)20-26-16/h3,6-7,9,12H,4-5,8,10-11H2,1-2H3,(H,18,19,20). The molecule has 0 radical (unpaired) electrons. The van der Waals surface area contributed by atoms with Gasteiger partial charge < -0.3 is 5.32 Å². The number of nitrogens with zero attached hydrogens (tertiary/aromatic N) is 3. The molecule has 1 aromatic heterocycles. The maximum Gasteiger partial charge on any atom is 0.243 e. The van der Waals surface area contributed by atoms with E-state index in [0.29, 0.717) is 34.9 Å². The van der Waals surface area contributed by atoms with Crippen LogP contribution < -0.4 is 5.32 Å².